The molecule has 0 saturated carbocycles. The summed E-state index contributed by atoms with van der Waals surface area (Å²) in [5, 5.41) is 34.2. The van der Waals surface area contributed by atoms with Crippen molar-refractivity contribution in [3.05, 3.63) is 0 Å². The second-order valence-electron chi connectivity index (χ2n) is 3.20. The van der Waals surface area contributed by atoms with Crippen LogP contribution in [0.5, 0.6) is 0 Å². The quantitative estimate of drug-likeness (QED) is 0.378. The lowest BCUT2D eigenvalue weighted by atomic mass is 10.3. The summed E-state index contributed by atoms with van der Waals surface area (Å²) in [6.45, 7) is 1.32. The summed E-state index contributed by atoms with van der Waals surface area (Å²) < 4.78 is 0. The van der Waals surface area contributed by atoms with Crippen molar-refractivity contribution in [3.63, 3.8) is 0 Å². The van der Waals surface area contributed by atoms with Crippen molar-refractivity contribution in [2.24, 2.45) is 0 Å². The molecular weight excluding hydrogens is 174 g/mol. The van der Waals surface area contributed by atoms with Gasteiger partial charge < -0.3 is 25.3 Å². The summed E-state index contributed by atoms with van der Waals surface area (Å²) in [6.07, 6.45) is -1.14. The van der Waals surface area contributed by atoms with Crippen LogP contribution < -0.4 is 0 Å². The van der Waals surface area contributed by atoms with Crippen LogP contribution in [0, 0.1) is 0 Å². The average molecular weight is 193 g/mol. The Morgan fingerprint density at radius 3 is 1.92 bits per heavy atom. The predicted molar refractivity (Wildman–Crippen MR) is 47.8 cm³/mol. The van der Waals surface area contributed by atoms with E-state index in [-0.39, 0.29) is 0 Å². The van der Waals surface area contributed by atoms with Crippen LogP contribution in [0.4, 0.5) is 0 Å². The molecule has 0 aromatic rings. The van der Waals surface area contributed by atoms with Crippen molar-refractivity contribution in [2.75, 3.05) is 20.1 Å². The van der Waals surface area contributed by atoms with Gasteiger partial charge in [-0.2, -0.15) is 0 Å². The molecule has 13 heavy (non-hydrogen) atoms. The third kappa shape index (κ3) is 9.72. The molecule has 0 spiro atoms. The van der Waals surface area contributed by atoms with E-state index in [0.29, 0.717) is 25.8 Å². The van der Waals surface area contributed by atoms with Crippen molar-refractivity contribution in [1.82, 2.24) is 4.90 Å². The standard InChI is InChI=1S/C8H19NO4/c1-9(6-4-8(12)13)5-2-3-7(10)11/h7-8,10-13H,2-6H2,1H3. The van der Waals surface area contributed by atoms with Gasteiger partial charge in [0, 0.05) is 13.0 Å². The summed E-state index contributed by atoms with van der Waals surface area (Å²) in [4.78, 5) is 1.92. The SMILES string of the molecule is CN(CCCC(O)O)CCC(O)O. The predicted octanol–water partition coefficient (Wildman–Crippen LogP) is -1.29. The maximum absolute atomic E-state index is 8.56. The molecule has 0 fully saturated rings. The molecule has 5 heteroatoms. The van der Waals surface area contributed by atoms with Crippen LogP contribution >= 0.6 is 0 Å². The zero-order valence-corrected chi connectivity index (χ0v) is 7.93. The zero-order valence-electron chi connectivity index (χ0n) is 7.93. The summed E-state index contributed by atoms with van der Waals surface area (Å²) in [5.74, 6) is 0. The van der Waals surface area contributed by atoms with Crippen molar-refractivity contribution < 1.29 is 20.4 Å². The van der Waals surface area contributed by atoms with Gasteiger partial charge in [0.1, 0.15) is 0 Å². The van der Waals surface area contributed by atoms with Gasteiger partial charge in [-0.3, -0.25) is 0 Å². The van der Waals surface area contributed by atoms with Crippen molar-refractivity contribution in [3.8, 4) is 0 Å². The first-order chi connectivity index (χ1) is 6.02. The maximum atomic E-state index is 8.56. The first-order valence-electron chi connectivity index (χ1n) is 4.43. The molecule has 0 atom stereocenters. The molecule has 0 bridgehead atoms. The Balaban J connectivity index is 3.25. The fourth-order valence-corrected chi connectivity index (χ4v) is 0.991. The highest BCUT2D eigenvalue weighted by Crippen LogP contribution is 1.97. The van der Waals surface area contributed by atoms with Gasteiger partial charge in [0.15, 0.2) is 12.6 Å². The molecule has 0 aliphatic rings. The molecule has 0 aliphatic heterocycles. The highest BCUT2D eigenvalue weighted by atomic mass is 16.5. The van der Waals surface area contributed by atoms with Crippen LogP contribution in [0.1, 0.15) is 19.3 Å². The van der Waals surface area contributed by atoms with Crippen LogP contribution in [0.15, 0.2) is 0 Å². The minimum atomic E-state index is -1.26. The van der Waals surface area contributed by atoms with Crippen LogP contribution in [-0.2, 0) is 0 Å². The molecule has 0 rings (SSSR count). The average Bonchev–Trinajstić information content (AvgIpc) is 2.00. The summed E-state index contributed by atoms with van der Waals surface area (Å²) >= 11 is 0. The van der Waals surface area contributed by atoms with Crippen molar-refractivity contribution in [2.45, 2.75) is 31.8 Å². The third-order valence-corrected chi connectivity index (χ3v) is 1.77. The smallest absolute Gasteiger partial charge is 0.152 e. The lowest BCUT2D eigenvalue weighted by Gasteiger charge is -2.16. The molecule has 4 N–H and O–H groups in total. The van der Waals surface area contributed by atoms with Crippen LogP contribution in [0.3, 0.4) is 0 Å². The number of hydrogen-bond donors (Lipinski definition) is 4. The highest BCUT2D eigenvalue weighted by molar-refractivity contribution is 4.53. The van der Waals surface area contributed by atoms with Gasteiger partial charge in [0.2, 0.25) is 0 Å². The van der Waals surface area contributed by atoms with Crippen molar-refractivity contribution in [1.29, 1.82) is 0 Å². The molecule has 0 radical (unpaired) electrons. The number of hydrogen-bond acceptors (Lipinski definition) is 5. The highest BCUT2D eigenvalue weighted by Gasteiger charge is 2.03. The van der Waals surface area contributed by atoms with Gasteiger partial charge in [0.25, 0.3) is 0 Å². The first-order valence-corrected chi connectivity index (χ1v) is 4.43. The Kier molecular flexibility index (Phi) is 7.12. The van der Waals surface area contributed by atoms with E-state index < -0.39 is 12.6 Å². The van der Waals surface area contributed by atoms with E-state index in [1.54, 1.807) is 0 Å². The van der Waals surface area contributed by atoms with Gasteiger partial charge in [-0.05, 0) is 26.4 Å². The van der Waals surface area contributed by atoms with E-state index in [1.165, 1.54) is 0 Å². The molecule has 0 aromatic carbocycles. The Morgan fingerprint density at radius 2 is 1.46 bits per heavy atom. The molecule has 0 aromatic heterocycles. The minimum absolute atomic E-state index is 0.318. The first kappa shape index (κ1) is 12.8. The minimum Gasteiger partial charge on any atom is -0.368 e. The fourth-order valence-electron chi connectivity index (χ4n) is 0.991. The Labute approximate surface area is 78.2 Å². The van der Waals surface area contributed by atoms with E-state index in [2.05, 4.69) is 0 Å². The van der Waals surface area contributed by atoms with Crippen molar-refractivity contribution >= 4 is 0 Å². The van der Waals surface area contributed by atoms with Gasteiger partial charge in [-0.1, -0.05) is 0 Å². The molecule has 0 amide bonds. The second-order valence-corrected chi connectivity index (χ2v) is 3.20. The zero-order chi connectivity index (χ0) is 10.3. The Morgan fingerprint density at radius 1 is 0.923 bits per heavy atom. The molecular formula is C8H19NO4. The summed E-state index contributed by atoms with van der Waals surface area (Å²) in [7, 11) is 1.85. The monoisotopic (exact) mass is 193 g/mol. The summed E-state index contributed by atoms with van der Waals surface area (Å²) in [6, 6.07) is 0. The Bertz CT molecular complexity index is 119. The molecule has 0 heterocycles. The third-order valence-electron chi connectivity index (χ3n) is 1.77. The van der Waals surface area contributed by atoms with E-state index in [0.717, 1.165) is 6.54 Å². The van der Waals surface area contributed by atoms with Gasteiger partial charge in [-0.25, -0.2) is 0 Å². The van der Waals surface area contributed by atoms with Crippen LogP contribution in [0.25, 0.3) is 0 Å². The van der Waals surface area contributed by atoms with Gasteiger partial charge in [0.05, 0.1) is 0 Å². The fraction of sp³-hybridized carbons (Fsp3) is 1.00. The Hall–Kier alpha value is -0.200. The lowest BCUT2D eigenvalue weighted by molar-refractivity contribution is -0.0534. The molecule has 0 aliphatic carbocycles. The molecule has 5 nitrogen and oxygen atoms in total. The molecule has 80 valence electrons. The molecule has 0 unspecified atom stereocenters. The van der Waals surface area contributed by atoms with Crippen LogP contribution in [0.2, 0.25) is 0 Å². The largest absolute Gasteiger partial charge is 0.368 e. The maximum Gasteiger partial charge on any atom is 0.152 e. The normalized spacial score (nSPS) is 12.0. The number of nitrogens with zero attached hydrogens (tertiary/aromatic N) is 1. The number of aliphatic hydroxyl groups excluding tert-OH is 2. The number of aliphatic hydroxyl groups is 4. The van der Waals surface area contributed by atoms with Gasteiger partial charge >= 0.3 is 0 Å². The second kappa shape index (κ2) is 7.23. The van der Waals surface area contributed by atoms with Gasteiger partial charge in [-0.15, -0.1) is 0 Å². The lowest BCUT2D eigenvalue weighted by Crippen LogP contribution is -2.25. The van der Waals surface area contributed by atoms with E-state index in [9.17, 15) is 0 Å². The van der Waals surface area contributed by atoms with E-state index in [4.69, 9.17) is 20.4 Å². The molecule has 0 saturated heterocycles. The number of rotatable bonds is 7. The topological polar surface area (TPSA) is 84.2 Å². The van der Waals surface area contributed by atoms with E-state index >= 15 is 0 Å². The summed E-state index contributed by atoms with van der Waals surface area (Å²) in [5.41, 5.74) is 0. The van der Waals surface area contributed by atoms with Crippen LogP contribution in [-0.4, -0.2) is 58.0 Å². The van der Waals surface area contributed by atoms with E-state index in [1.807, 2.05) is 11.9 Å².